The fourth-order valence-corrected chi connectivity index (χ4v) is 5.86. The number of aromatic nitrogens is 3. The van der Waals surface area contributed by atoms with Crippen LogP contribution < -0.4 is 10.5 Å². The Morgan fingerprint density at radius 1 is 1.04 bits per heavy atom. The molecule has 4 rings (SSSR count). The fraction of sp³-hybridized carbons (Fsp3) is 0.278. The Balaban J connectivity index is 1.48. The topological polar surface area (TPSA) is 99.3 Å². The molecule has 1 aliphatic heterocycles. The van der Waals surface area contributed by atoms with Gasteiger partial charge in [-0.15, -0.1) is 11.3 Å². The van der Waals surface area contributed by atoms with E-state index in [9.17, 15) is 13.2 Å². The Morgan fingerprint density at radius 2 is 1.82 bits per heavy atom. The van der Waals surface area contributed by atoms with Gasteiger partial charge < -0.3 is 4.90 Å². The summed E-state index contributed by atoms with van der Waals surface area (Å²) in [5.41, 5.74) is 1.34. The zero-order valence-corrected chi connectivity index (χ0v) is 16.8. The Hall–Kier alpha value is -2.56. The first-order valence-corrected chi connectivity index (χ1v) is 11.0. The van der Waals surface area contributed by atoms with Crippen molar-refractivity contribution >= 4 is 27.2 Å². The van der Waals surface area contributed by atoms with Crippen LogP contribution in [0.1, 0.15) is 5.56 Å². The van der Waals surface area contributed by atoms with E-state index in [0.29, 0.717) is 36.8 Å². The standard InChI is InChI=1S/C18H19N5O3S2/c1-13-2-5-16(19-12-13)22-8-10-23(11-9-22)28(25,26)18-7-4-15(27-18)14-3-6-17(24)21-20-14/h2-7,12H,8-11H2,1H3,(H,21,24). The van der Waals surface area contributed by atoms with Crippen molar-refractivity contribution in [1.29, 1.82) is 0 Å². The molecule has 0 unspecified atom stereocenters. The third-order valence-corrected chi connectivity index (χ3v) is 8.04. The number of pyridine rings is 1. The van der Waals surface area contributed by atoms with Gasteiger partial charge >= 0.3 is 0 Å². The first-order valence-electron chi connectivity index (χ1n) is 8.77. The number of nitrogens with zero attached hydrogens (tertiary/aromatic N) is 4. The number of H-pyrrole nitrogens is 1. The molecule has 0 spiro atoms. The van der Waals surface area contributed by atoms with Crippen LogP contribution >= 0.6 is 11.3 Å². The van der Waals surface area contributed by atoms with Crippen molar-refractivity contribution in [3.63, 3.8) is 0 Å². The number of nitrogens with one attached hydrogen (secondary N) is 1. The van der Waals surface area contributed by atoms with Crippen molar-refractivity contribution < 1.29 is 8.42 Å². The Labute approximate surface area is 166 Å². The summed E-state index contributed by atoms with van der Waals surface area (Å²) in [6.07, 6.45) is 1.82. The molecular weight excluding hydrogens is 398 g/mol. The highest BCUT2D eigenvalue weighted by Gasteiger charge is 2.30. The maximum Gasteiger partial charge on any atom is 0.264 e. The molecule has 8 nitrogen and oxygen atoms in total. The minimum atomic E-state index is -3.56. The number of hydrogen-bond donors (Lipinski definition) is 1. The van der Waals surface area contributed by atoms with Gasteiger partial charge in [-0.3, -0.25) is 4.79 Å². The van der Waals surface area contributed by atoms with Crippen molar-refractivity contribution in [2.75, 3.05) is 31.1 Å². The number of hydrogen-bond acceptors (Lipinski definition) is 7. The highest BCUT2D eigenvalue weighted by Crippen LogP contribution is 2.31. The summed E-state index contributed by atoms with van der Waals surface area (Å²) < 4.78 is 27.8. The van der Waals surface area contributed by atoms with Gasteiger partial charge in [-0.25, -0.2) is 18.5 Å². The summed E-state index contributed by atoms with van der Waals surface area (Å²) in [5.74, 6) is 0.866. The summed E-state index contributed by atoms with van der Waals surface area (Å²) in [4.78, 5) is 18.3. The molecule has 1 saturated heterocycles. The quantitative estimate of drug-likeness (QED) is 0.694. The molecule has 0 aliphatic carbocycles. The van der Waals surface area contributed by atoms with Gasteiger partial charge in [0, 0.05) is 38.4 Å². The van der Waals surface area contributed by atoms with Crippen molar-refractivity contribution in [2.24, 2.45) is 0 Å². The van der Waals surface area contributed by atoms with Crippen LogP contribution in [0.2, 0.25) is 0 Å². The third kappa shape index (κ3) is 3.71. The van der Waals surface area contributed by atoms with E-state index in [1.54, 1.807) is 18.2 Å². The lowest BCUT2D eigenvalue weighted by molar-refractivity contribution is 0.385. The molecule has 3 aromatic heterocycles. The first-order chi connectivity index (χ1) is 13.4. The minimum absolute atomic E-state index is 0.275. The molecule has 0 saturated carbocycles. The predicted molar refractivity (Wildman–Crippen MR) is 108 cm³/mol. The van der Waals surface area contributed by atoms with Crippen LogP contribution in [0.3, 0.4) is 0 Å². The Kier molecular flexibility index (Phi) is 5.00. The molecule has 4 heterocycles. The van der Waals surface area contributed by atoms with E-state index >= 15 is 0 Å². The highest BCUT2D eigenvalue weighted by atomic mass is 32.2. The van der Waals surface area contributed by atoms with E-state index in [-0.39, 0.29) is 9.77 Å². The molecule has 1 aliphatic rings. The van der Waals surface area contributed by atoms with Crippen LogP contribution in [0, 0.1) is 6.92 Å². The number of anilines is 1. The molecule has 0 amide bonds. The number of aryl methyl sites for hydroxylation is 1. The molecule has 0 radical (unpaired) electrons. The Bertz CT molecular complexity index is 1110. The second kappa shape index (κ2) is 7.46. The van der Waals surface area contributed by atoms with E-state index in [0.717, 1.165) is 22.7 Å². The van der Waals surface area contributed by atoms with E-state index in [1.165, 1.54) is 10.4 Å². The average molecular weight is 418 g/mol. The average Bonchev–Trinajstić information content (AvgIpc) is 3.20. The lowest BCUT2D eigenvalue weighted by Crippen LogP contribution is -2.48. The van der Waals surface area contributed by atoms with Gasteiger partial charge in [0.2, 0.25) is 0 Å². The summed E-state index contributed by atoms with van der Waals surface area (Å²) >= 11 is 1.15. The molecule has 146 valence electrons. The number of rotatable bonds is 4. The maximum atomic E-state index is 13.0. The van der Waals surface area contributed by atoms with Crippen molar-refractivity contribution in [3.8, 4) is 10.6 Å². The molecule has 1 fully saturated rings. The van der Waals surface area contributed by atoms with Gasteiger partial charge in [-0.2, -0.15) is 9.40 Å². The lowest BCUT2D eigenvalue weighted by atomic mass is 10.3. The van der Waals surface area contributed by atoms with Crippen molar-refractivity contribution in [1.82, 2.24) is 19.5 Å². The fourth-order valence-electron chi connectivity index (χ4n) is 3.01. The third-order valence-electron chi connectivity index (χ3n) is 4.57. The maximum absolute atomic E-state index is 13.0. The first kappa shape index (κ1) is 18.8. The highest BCUT2D eigenvalue weighted by molar-refractivity contribution is 7.91. The van der Waals surface area contributed by atoms with Gasteiger partial charge in [0.05, 0.1) is 4.88 Å². The molecule has 1 N–H and O–H groups in total. The predicted octanol–water partition coefficient (Wildman–Crippen LogP) is 1.71. The van der Waals surface area contributed by atoms with Gasteiger partial charge in [-0.1, -0.05) is 6.07 Å². The van der Waals surface area contributed by atoms with E-state index in [1.807, 2.05) is 25.3 Å². The second-order valence-corrected chi connectivity index (χ2v) is 9.76. The van der Waals surface area contributed by atoms with Crippen molar-refractivity contribution in [2.45, 2.75) is 11.1 Å². The lowest BCUT2D eigenvalue weighted by Gasteiger charge is -2.34. The van der Waals surface area contributed by atoms with E-state index < -0.39 is 10.0 Å². The molecule has 0 bridgehead atoms. The van der Waals surface area contributed by atoms with Crippen LogP contribution in [0.15, 0.2) is 51.6 Å². The SMILES string of the molecule is Cc1ccc(N2CCN(S(=O)(=O)c3ccc(-c4ccc(=O)[nH]n4)s3)CC2)nc1. The zero-order chi connectivity index (χ0) is 19.7. The van der Waals surface area contributed by atoms with Crippen LogP contribution in [-0.4, -0.2) is 54.1 Å². The van der Waals surface area contributed by atoms with Gasteiger partial charge in [0.1, 0.15) is 15.7 Å². The van der Waals surface area contributed by atoms with E-state index in [4.69, 9.17) is 0 Å². The number of sulfonamides is 1. The van der Waals surface area contributed by atoms with Gasteiger partial charge in [0.15, 0.2) is 0 Å². The molecule has 0 atom stereocenters. The number of piperazine rings is 1. The minimum Gasteiger partial charge on any atom is -0.354 e. The zero-order valence-electron chi connectivity index (χ0n) is 15.2. The van der Waals surface area contributed by atoms with Crippen LogP contribution in [0.25, 0.3) is 10.6 Å². The monoisotopic (exact) mass is 417 g/mol. The van der Waals surface area contributed by atoms with Crippen molar-refractivity contribution in [3.05, 3.63) is 58.5 Å². The summed E-state index contributed by atoms with van der Waals surface area (Å²) in [6.45, 7) is 3.98. The summed E-state index contributed by atoms with van der Waals surface area (Å²) in [7, 11) is -3.56. The van der Waals surface area contributed by atoms with Gasteiger partial charge in [0.25, 0.3) is 15.6 Å². The normalized spacial score (nSPS) is 15.7. The molecule has 28 heavy (non-hydrogen) atoms. The van der Waals surface area contributed by atoms with Crippen LogP contribution in [0.4, 0.5) is 5.82 Å². The van der Waals surface area contributed by atoms with Crippen LogP contribution in [-0.2, 0) is 10.0 Å². The molecule has 3 aromatic rings. The summed E-state index contributed by atoms with van der Waals surface area (Å²) in [5, 5.41) is 6.32. The smallest absolute Gasteiger partial charge is 0.264 e. The number of aromatic amines is 1. The molecule has 0 aromatic carbocycles. The second-order valence-electron chi connectivity index (χ2n) is 6.51. The molecular formula is C18H19N5O3S2. The van der Waals surface area contributed by atoms with Crippen LogP contribution in [0.5, 0.6) is 0 Å². The largest absolute Gasteiger partial charge is 0.354 e. The Morgan fingerprint density at radius 3 is 2.46 bits per heavy atom. The number of thiophene rings is 1. The van der Waals surface area contributed by atoms with E-state index in [2.05, 4.69) is 20.1 Å². The molecule has 10 heteroatoms. The summed E-state index contributed by atoms with van der Waals surface area (Å²) in [6, 6.07) is 10.2. The van der Waals surface area contributed by atoms with Gasteiger partial charge in [-0.05, 0) is 36.8 Å².